The standard InChI is InChI=1S/C26H36N4O4S/c1-17-6-5-7-18(12-17)23(32)27-14-22(31)29-19-15-30(16-19)20-8-10-26(33,11-9-20)21-13-28-24(35-21)34-25(2,3)4/h5-7,12-13,19-20,33H,8-11,14-16H2,1-4H3,(H,27,32)(H,29,31)/t20-,26-. The molecule has 1 aliphatic carbocycles. The van der Waals surface area contributed by atoms with Crippen molar-refractivity contribution in [3.05, 3.63) is 46.5 Å². The van der Waals surface area contributed by atoms with Crippen LogP contribution in [-0.4, -0.2) is 64.1 Å². The van der Waals surface area contributed by atoms with Gasteiger partial charge in [-0.1, -0.05) is 29.0 Å². The molecule has 35 heavy (non-hydrogen) atoms. The number of carbonyl (C=O) groups excluding carboxylic acids is 2. The molecule has 1 aliphatic heterocycles. The smallest absolute Gasteiger partial charge is 0.273 e. The number of aliphatic hydroxyl groups is 1. The van der Waals surface area contributed by atoms with Crippen molar-refractivity contribution >= 4 is 23.2 Å². The molecule has 0 unspecified atom stereocenters. The van der Waals surface area contributed by atoms with Crippen molar-refractivity contribution in [2.45, 2.75) is 76.7 Å². The summed E-state index contributed by atoms with van der Waals surface area (Å²) in [7, 11) is 0. The van der Waals surface area contributed by atoms with Crippen molar-refractivity contribution in [2.24, 2.45) is 0 Å². The van der Waals surface area contributed by atoms with E-state index in [-0.39, 0.29) is 30.0 Å². The lowest BCUT2D eigenvalue weighted by atomic mass is 9.80. The Morgan fingerprint density at radius 3 is 2.63 bits per heavy atom. The van der Waals surface area contributed by atoms with Crippen LogP contribution in [0.25, 0.3) is 0 Å². The number of thiazole rings is 1. The Morgan fingerprint density at radius 1 is 1.26 bits per heavy atom. The van der Waals surface area contributed by atoms with Crippen molar-refractivity contribution in [1.82, 2.24) is 20.5 Å². The summed E-state index contributed by atoms with van der Waals surface area (Å²) in [5.74, 6) is -0.418. The van der Waals surface area contributed by atoms with Crippen molar-refractivity contribution in [2.75, 3.05) is 19.6 Å². The highest BCUT2D eigenvalue weighted by atomic mass is 32.1. The Hall–Kier alpha value is -2.49. The largest absolute Gasteiger partial charge is 0.464 e. The summed E-state index contributed by atoms with van der Waals surface area (Å²) in [6, 6.07) is 7.80. The molecule has 0 bridgehead atoms. The van der Waals surface area contributed by atoms with Crippen LogP contribution in [0.5, 0.6) is 5.19 Å². The van der Waals surface area contributed by atoms with Gasteiger partial charge in [0.1, 0.15) is 11.2 Å². The first-order valence-corrected chi connectivity index (χ1v) is 13.1. The van der Waals surface area contributed by atoms with Gasteiger partial charge < -0.3 is 20.5 Å². The van der Waals surface area contributed by atoms with Gasteiger partial charge in [-0.2, -0.15) is 0 Å². The molecule has 4 rings (SSSR count). The van der Waals surface area contributed by atoms with E-state index < -0.39 is 5.60 Å². The fourth-order valence-corrected chi connectivity index (χ4v) is 5.79. The van der Waals surface area contributed by atoms with Crippen LogP contribution in [0.3, 0.4) is 0 Å². The van der Waals surface area contributed by atoms with Gasteiger partial charge in [-0.3, -0.25) is 14.5 Å². The molecule has 3 N–H and O–H groups in total. The van der Waals surface area contributed by atoms with E-state index in [4.69, 9.17) is 4.74 Å². The lowest BCUT2D eigenvalue weighted by molar-refractivity contribution is -0.122. The molecule has 2 aliphatic rings. The van der Waals surface area contributed by atoms with Gasteiger partial charge in [0.15, 0.2) is 0 Å². The molecule has 8 nitrogen and oxygen atoms in total. The first kappa shape index (κ1) is 25.6. The normalized spacial score (nSPS) is 23.4. The molecule has 1 aromatic carbocycles. The van der Waals surface area contributed by atoms with Gasteiger partial charge in [0.2, 0.25) is 5.91 Å². The monoisotopic (exact) mass is 500 g/mol. The number of hydrogen-bond donors (Lipinski definition) is 3. The molecule has 1 saturated carbocycles. The maximum atomic E-state index is 12.3. The highest BCUT2D eigenvalue weighted by Gasteiger charge is 2.41. The molecule has 2 heterocycles. The number of carbonyl (C=O) groups is 2. The average Bonchev–Trinajstić information content (AvgIpc) is 3.23. The van der Waals surface area contributed by atoms with Gasteiger partial charge in [0.25, 0.3) is 11.1 Å². The van der Waals surface area contributed by atoms with E-state index in [0.717, 1.165) is 36.4 Å². The Bertz CT molecular complexity index is 1050. The van der Waals surface area contributed by atoms with E-state index >= 15 is 0 Å². The second-order valence-corrected chi connectivity index (χ2v) is 11.7. The minimum absolute atomic E-state index is 0.0322. The van der Waals surface area contributed by atoms with Crippen molar-refractivity contribution in [1.29, 1.82) is 0 Å². The van der Waals surface area contributed by atoms with Crippen LogP contribution in [0.2, 0.25) is 0 Å². The first-order chi connectivity index (χ1) is 16.5. The zero-order valence-electron chi connectivity index (χ0n) is 21.0. The van der Waals surface area contributed by atoms with Crippen LogP contribution in [0.15, 0.2) is 30.5 Å². The molecule has 2 amide bonds. The Kier molecular flexibility index (Phi) is 7.49. The predicted octanol–water partition coefficient (Wildman–Crippen LogP) is 2.99. The molecule has 190 valence electrons. The second-order valence-electron chi connectivity index (χ2n) is 10.7. The summed E-state index contributed by atoms with van der Waals surface area (Å²) < 4.78 is 5.84. The van der Waals surface area contributed by atoms with Crippen LogP contribution in [-0.2, 0) is 10.4 Å². The summed E-state index contributed by atoms with van der Waals surface area (Å²) in [6.07, 6.45) is 4.92. The number of aryl methyl sites for hydroxylation is 1. The lowest BCUT2D eigenvalue weighted by Gasteiger charge is -2.48. The highest BCUT2D eigenvalue weighted by molar-refractivity contribution is 7.13. The molecule has 1 aromatic heterocycles. The summed E-state index contributed by atoms with van der Waals surface area (Å²) >= 11 is 1.43. The van der Waals surface area contributed by atoms with E-state index in [1.165, 1.54) is 11.3 Å². The van der Waals surface area contributed by atoms with E-state index in [1.807, 2.05) is 39.8 Å². The number of benzene rings is 1. The number of nitrogens with one attached hydrogen (secondary N) is 2. The van der Waals surface area contributed by atoms with E-state index in [2.05, 4.69) is 20.5 Å². The van der Waals surface area contributed by atoms with Gasteiger partial charge in [-0.25, -0.2) is 4.98 Å². The average molecular weight is 501 g/mol. The van der Waals surface area contributed by atoms with Crippen LogP contribution < -0.4 is 15.4 Å². The predicted molar refractivity (Wildman–Crippen MR) is 136 cm³/mol. The number of hydrogen-bond acceptors (Lipinski definition) is 7. The van der Waals surface area contributed by atoms with Gasteiger partial charge >= 0.3 is 0 Å². The number of amides is 2. The zero-order chi connectivity index (χ0) is 25.2. The van der Waals surface area contributed by atoms with E-state index in [1.54, 1.807) is 18.3 Å². The molecule has 1 saturated heterocycles. The first-order valence-electron chi connectivity index (χ1n) is 12.3. The van der Waals surface area contributed by atoms with Gasteiger partial charge in [-0.15, -0.1) is 0 Å². The Balaban J connectivity index is 1.17. The SMILES string of the molecule is Cc1cccc(C(=O)NCC(=O)NC2CN([C@H]3CC[C@@](O)(c4cnc(OC(C)(C)C)s4)CC3)C2)c1. The van der Waals surface area contributed by atoms with Gasteiger partial charge in [-0.05, 0) is 65.5 Å². The summed E-state index contributed by atoms with van der Waals surface area (Å²) in [5, 5.41) is 17.5. The highest BCUT2D eigenvalue weighted by Crippen LogP contribution is 2.43. The molecule has 2 fully saturated rings. The third-order valence-electron chi connectivity index (χ3n) is 6.60. The minimum atomic E-state index is -0.846. The van der Waals surface area contributed by atoms with Crippen molar-refractivity contribution in [3.63, 3.8) is 0 Å². The summed E-state index contributed by atoms with van der Waals surface area (Å²) in [6.45, 7) is 9.44. The number of likely N-dealkylation sites (tertiary alicyclic amines) is 1. The van der Waals surface area contributed by atoms with Gasteiger partial charge in [0.05, 0.1) is 17.5 Å². The second kappa shape index (κ2) is 10.2. The molecular weight excluding hydrogens is 464 g/mol. The maximum Gasteiger partial charge on any atom is 0.273 e. The van der Waals surface area contributed by atoms with Crippen molar-refractivity contribution in [3.8, 4) is 5.19 Å². The van der Waals surface area contributed by atoms with E-state index in [9.17, 15) is 14.7 Å². The zero-order valence-corrected chi connectivity index (χ0v) is 21.8. The Labute approximate surface area is 211 Å². The quantitative estimate of drug-likeness (QED) is 0.540. The third kappa shape index (κ3) is 6.59. The Morgan fingerprint density at radius 2 is 1.97 bits per heavy atom. The molecule has 0 radical (unpaired) electrons. The topological polar surface area (TPSA) is 104 Å². The van der Waals surface area contributed by atoms with Crippen LogP contribution >= 0.6 is 11.3 Å². The maximum absolute atomic E-state index is 12.3. The fraction of sp³-hybridized carbons (Fsp3) is 0.577. The molecule has 2 aromatic rings. The van der Waals surface area contributed by atoms with Crippen LogP contribution in [0, 0.1) is 6.92 Å². The van der Waals surface area contributed by atoms with E-state index in [0.29, 0.717) is 29.6 Å². The van der Waals surface area contributed by atoms with Gasteiger partial charge in [0, 0.05) is 30.9 Å². The number of nitrogens with zero attached hydrogens (tertiary/aromatic N) is 2. The molecule has 0 atom stereocenters. The fourth-order valence-electron chi connectivity index (χ4n) is 4.70. The van der Waals surface area contributed by atoms with Crippen molar-refractivity contribution < 1.29 is 19.4 Å². The van der Waals surface area contributed by atoms with Crippen LogP contribution in [0.1, 0.15) is 67.3 Å². The molecule has 0 spiro atoms. The van der Waals surface area contributed by atoms with Crippen LogP contribution in [0.4, 0.5) is 0 Å². The molecule has 9 heteroatoms. The lowest BCUT2D eigenvalue weighted by Crippen LogP contribution is -2.63. The summed E-state index contributed by atoms with van der Waals surface area (Å²) in [5.41, 5.74) is 0.401. The number of aromatic nitrogens is 1. The minimum Gasteiger partial charge on any atom is -0.464 e. The number of rotatable bonds is 7. The molecular formula is C26H36N4O4S. The summed E-state index contributed by atoms with van der Waals surface area (Å²) in [4.78, 5) is 32.1. The third-order valence-corrected chi connectivity index (χ3v) is 7.67. The number of ether oxygens (including phenoxy) is 1.